The van der Waals surface area contributed by atoms with Crippen molar-refractivity contribution in [3.05, 3.63) is 45.8 Å². The molecule has 0 aliphatic heterocycles. The molecule has 0 spiro atoms. The zero-order valence-corrected chi connectivity index (χ0v) is 15.9. The van der Waals surface area contributed by atoms with Gasteiger partial charge in [0.2, 0.25) is 0 Å². The maximum absolute atomic E-state index is 12.8. The fourth-order valence-electron chi connectivity index (χ4n) is 2.92. The molecule has 0 radical (unpaired) electrons. The molecule has 0 saturated carbocycles. The van der Waals surface area contributed by atoms with Gasteiger partial charge in [-0.25, -0.2) is 13.4 Å². The highest BCUT2D eigenvalue weighted by molar-refractivity contribution is 7.92. The van der Waals surface area contributed by atoms with E-state index in [-0.39, 0.29) is 27.4 Å². The van der Waals surface area contributed by atoms with Crippen LogP contribution in [0.1, 0.15) is 17.2 Å². The minimum atomic E-state index is -4.54. The van der Waals surface area contributed by atoms with Gasteiger partial charge in [-0.3, -0.25) is 14.2 Å². The van der Waals surface area contributed by atoms with Crippen LogP contribution in [0.4, 0.5) is 18.9 Å². The zero-order chi connectivity index (χ0) is 20.9. The smallest absolute Gasteiger partial charge is 0.310 e. The van der Waals surface area contributed by atoms with Crippen molar-refractivity contribution >= 4 is 26.6 Å². The number of alkyl halides is 3. The van der Waals surface area contributed by atoms with Crippen molar-refractivity contribution in [3.8, 4) is 0 Å². The molecule has 12 heteroatoms. The molecular weight excluding hydrogens is 399 g/mol. The van der Waals surface area contributed by atoms with Crippen LogP contribution < -0.4 is 10.3 Å². The number of hydrogen-bond donors (Lipinski definition) is 2. The summed E-state index contributed by atoms with van der Waals surface area (Å²) in [4.78, 5) is 18.4. The van der Waals surface area contributed by atoms with Crippen LogP contribution in [-0.2, 0) is 16.6 Å². The third-order valence-electron chi connectivity index (χ3n) is 3.99. The lowest BCUT2D eigenvalue weighted by molar-refractivity contribution is -0.143. The quantitative estimate of drug-likeness (QED) is 0.680. The highest BCUT2D eigenvalue weighted by atomic mass is 32.2. The van der Waals surface area contributed by atoms with Crippen molar-refractivity contribution in [3.63, 3.8) is 0 Å². The SMILES string of the molecule is Cc1nc2ccc(NS(=O)(=O)c3c(C)nn(CC(F)(F)F)c3C)cc2c(=O)[nH]1. The first-order valence-corrected chi connectivity index (χ1v) is 9.50. The molecule has 28 heavy (non-hydrogen) atoms. The first-order valence-electron chi connectivity index (χ1n) is 8.01. The van der Waals surface area contributed by atoms with E-state index in [2.05, 4.69) is 19.8 Å². The van der Waals surface area contributed by atoms with Gasteiger partial charge in [0.1, 0.15) is 17.3 Å². The topological polar surface area (TPSA) is 110 Å². The molecule has 0 saturated heterocycles. The Hall–Kier alpha value is -2.89. The summed E-state index contributed by atoms with van der Waals surface area (Å²) in [6.07, 6.45) is -4.54. The van der Waals surface area contributed by atoms with Gasteiger partial charge < -0.3 is 4.98 Å². The number of halogens is 3. The van der Waals surface area contributed by atoms with E-state index in [4.69, 9.17) is 0 Å². The summed E-state index contributed by atoms with van der Waals surface area (Å²) in [5.41, 5.74) is -0.182. The van der Waals surface area contributed by atoms with Crippen molar-refractivity contribution in [1.82, 2.24) is 19.7 Å². The summed E-state index contributed by atoms with van der Waals surface area (Å²) in [7, 11) is -4.23. The lowest BCUT2D eigenvalue weighted by Gasteiger charge is -2.11. The molecule has 0 aliphatic carbocycles. The number of rotatable bonds is 4. The fraction of sp³-hybridized carbons (Fsp3) is 0.312. The first kappa shape index (κ1) is 19.9. The average molecular weight is 415 g/mol. The molecule has 2 aromatic heterocycles. The molecule has 0 unspecified atom stereocenters. The Labute approximate surface area is 157 Å². The summed E-state index contributed by atoms with van der Waals surface area (Å²) in [6, 6.07) is 4.20. The molecule has 0 amide bonds. The Kier molecular flexibility index (Phi) is 4.69. The highest BCUT2D eigenvalue weighted by Gasteiger charge is 2.32. The number of fused-ring (bicyclic) bond motifs is 1. The molecule has 1 aromatic carbocycles. The lowest BCUT2D eigenvalue weighted by Crippen LogP contribution is -2.20. The number of anilines is 1. The predicted molar refractivity (Wildman–Crippen MR) is 95.7 cm³/mol. The molecule has 0 atom stereocenters. The van der Waals surface area contributed by atoms with Crippen molar-refractivity contribution in [2.75, 3.05) is 4.72 Å². The van der Waals surface area contributed by atoms with Gasteiger partial charge in [0.25, 0.3) is 15.6 Å². The Morgan fingerprint density at radius 3 is 2.54 bits per heavy atom. The second-order valence-corrected chi connectivity index (χ2v) is 7.88. The maximum atomic E-state index is 12.8. The van der Waals surface area contributed by atoms with Gasteiger partial charge in [0.15, 0.2) is 0 Å². The normalized spacial score (nSPS) is 12.5. The summed E-state index contributed by atoms with van der Waals surface area (Å²) in [5, 5.41) is 3.86. The maximum Gasteiger partial charge on any atom is 0.408 e. The lowest BCUT2D eigenvalue weighted by atomic mass is 10.2. The summed E-state index contributed by atoms with van der Waals surface area (Å²) < 4.78 is 66.4. The second-order valence-electron chi connectivity index (χ2n) is 6.26. The predicted octanol–water partition coefficient (Wildman–Crippen LogP) is 2.41. The standard InChI is InChI=1S/C16H16F3N5O3S/c1-8-14(9(2)24(22-8)7-16(17,18)19)28(26,27)23-11-4-5-13-12(6-11)15(25)21-10(3)20-13/h4-6,23H,7H2,1-3H3,(H,20,21,25). The summed E-state index contributed by atoms with van der Waals surface area (Å²) in [5.74, 6) is 0.411. The van der Waals surface area contributed by atoms with Crippen LogP contribution in [0, 0.1) is 20.8 Å². The highest BCUT2D eigenvalue weighted by Crippen LogP contribution is 2.26. The molecule has 3 rings (SSSR count). The number of sulfonamides is 1. The van der Waals surface area contributed by atoms with Crippen LogP contribution in [0.2, 0.25) is 0 Å². The van der Waals surface area contributed by atoms with E-state index in [1.54, 1.807) is 6.92 Å². The minimum absolute atomic E-state index is 0.0647. The van der Waals surface area contributed by atoms with Gasteiger partial charge in [0, 0.05) is 5.69 Å². The number of nitrogens with zero attached hydrogens (tertiary/aromatic N) is 3. The van der Waals surface area contributed by atoms with E-state index in [0.29, 0.717) is 16.0 Å². The fourth-order valence-corrected chi connectivity index (χ4v) is 4.38. The molecule has 8 nitrogen and oxygen atoms in total. The number of aromatic amines is 1. The summed E-state index contributed by atoms with van der Waals surface area (Å²) in [6.45, 7) is 2.78. The molecule has 2 heterocycles. The molecule has 0 bridgehead atoms. The largest absolute Gasteiger partial charge is 0.408 e. The van der Waals surface area contributed by atoms with E-state index in [1.807, 2.05) is 0 Å². The van der Waals surface area contributed by atoms with Crippen LogP contribution in [0.5, 0.6) is 0 Å². The number of aromatic nitrogens is 4. The van der Waals surface area contributed by atoms with Crippen LogP contribution in [-0.4, -0.2) is 34.3 Å². The summed E-state index contributed by atoms with van der Waals surface area (Å²) >= 11 is 0. The Bertz CT molecular complexity index is 1230. The van der Waals surface area contributed by atoms with E-state index in [1.165, 1.54) is 32.0 Å². The number of H-pyrrole nitrogens is 1. The number of hydrogen-bond acceptors (Lipinski definition) is 5. The molecule has 3 aromatic rings. The number of aryl methyl sites for hydroxylation is 2. The van der Waals surface area contributed by atoms with Gasteiger partial charge in [-0.05, 0) is 39.0 Å². The zero-order valence-electron chi connectivity index (χ0n) is 15.0. The number of benzene rings is 1. The van der Waals surface area contributed by atoms with Crippen molar-refractivity contribution in [1.29, 1.82) is 0 Å². The van der Waals surface area contributed by atoms with Crippen LogP contribution in [0.25, 0.3) is 10.9 Å². The van der Waals surface area contributed by atoms with Crippen LogP contribution in [0.3, 0.4) is 0 Å². The van der Waals surface area contributed by atoms with E-state index in [9.17, 15) is 26.4 Å². The van der Waals surface area contributed by atoms with Crippen molar-refractivity contribution in [2.45, 2.75) is 38.4 Å². The third-order valence-corrected chi connectivity index (χ3v) is 5.62. The van der Waals surface area contributed by atoms with Gasteiger partial charge in [-0.15, -0.1) is 0 Å². The van der Waals surface area contributed by atoms with Gasteiger partial charge in [0.05, 0.1) is 22.3 Å². The Morgan fingerprint density at radius 2 is 1.89 bits per heavy atom. The Balaban J connectivity index is 2.01. The average Bonchev–Trinajstić information content (AvgIpc) is 2.80. The van der Waals surface area contributed by atoms with Gasteiger partial charge in [-0.1, -0.05) is 0 Å². The van der Waals surface area contributed by atoms with E-state index >= 15 is 0 Å². The molecule has 0 fully saturated rings. The molecule has 2 N–H and O–H groups in total. The van der Waals surface area contributed by atoms with Crippen LogP contribution >= 0.6 is 0 Å². The third kappa shape index (κ3) is 3.86. The minimum Gasteiger partial charge on any atom is -0.310 e. The first-order chi connectivity index (χ1) is 12.9. The van der Waals surface area contributed by atoms with Gasteiger partial charge in [-0.2, -0.15) is 18.3 Å². The van der Waals surface area contributed by atoms with E-state index in [0.717, 1.165) is 0 Å². The van der Waals surface area contributed by atoms with Gasteiger partial charge >= 0.3 is 6.18 Å². The monoisotopic (exact) mass is 415 g/mol. The Morgan fingerprint density at radius 1 is 1.21 bits per heavy atom. The van der Waals surface area contributed by atoms with Crippen molar-refractivity contribution in [2.24, 2.45) is 0 Å². The van der Waals surface area contributed by atoms with Crippen LogP contribution in [0.15, 0.2) is 27.9 Å². The second kappa shape index (κ2) is 6.62. The molecule has 0 aliphatic rings. The number of nitrogens with one attached hydrogen (secondary N) is 2. The molecule has 150 valence electrons. The van der Waals surface area contributed by atoms with E-state index < -0.39 is 28.3 Å². The molecular formula is C16H16F3N5O3S. The van der Waals surface area contributed by atoms with Crippen molar-refractivity contribution < 1.29 is 21.6 Å².